The second kappa shape index (κ2) is 10.2. The van der Waals surface area contributed by atoms with Gasteiger partial charge in [0.1, 0.15) is 11.6 Å². The van der Waals surface area contributed by atoms with Gasteiger partial charge in [-0.15, -0.1) is 0 Å². The predicted molar refractivity (Wildman–Crippen MR) is 150 cm³/mol. The summed E-state index contributed by atoms with van der Waals surface area (Å²) in [6, 6.07) is 11.4. The summed E-state index contributed by atoms with van der Waals surface area (Å²) in [5.74, 6) is 0.531. The van der Waals surface area contributed by atoms with Crippen LogP contribution in [0.5, 0.6) is 5.75 Å². The van der Waals surface area contributed by atoms with Crippen molar-refractivity contribution >= 4 is 26.8 Å². The fraction of sp³-hybridized carbons (Fsp3) is 0.500. The average molecular weight is 570 g/mol. The molecule has 214 valence electrons. The van der Waals surface area contributed by atoms with Crippen LogP contribution in [-0.4, -0.2) is 72.8 Å². The van der Waals surface area contributed by atoms with E-state index in [2.05, 4.69) is 0 Å². The molecule has 1 saturated carbocycles. The number of benzene rings is 2. The van der Waals surface area contributed by atoms with Gasteiger partial charge in [0.15, 0.2) is 0 Å². The van der Waals surface area contributed by atoms with E-state index in [1.165, 1.54) is 23.4 Å². The molecular formula is C30H36FN3O5S. The molecule has 1 aliphatic carbocycles. The number of carbonyl (C=O) groups excluding carboxylic acids is 1. The maximum Gasteiger partial charge on any atom is 0.236 e. The minimum atomic E-state index is -3.80. The lowest BCUT2D eigenvalue weighted by Crippen LogP contribution is -2.55. The molecule has 1 unspecified atom stereocenters. The number of hydrogen-bond acceptors (Lipinski definition) is 6. The van der Waals surface area contributed by atoms with E-state index in [-0.39, 0.29) is 30.8 Å². The third-order valence-electron chi connectivity index (χ3n) is 9.28. The first kappa shape index (κ1) is 27.2. The third-order valence-corrected chi connectivity index (χ3v) is 10.3. The maximum absolute atomic E-state index is 14.8. The van der Waals surface area contributed by atoms with E-state index >= 15 is 0 Å². The van der Waals surface area contributed by atoms with Crippen LogP contribution < -0.4 is 4.74 Å². The minimum absolute atomic E-state index is 0.118. The molecule has 3 aromatic rings. The minimum Gasteiger partial charge on any atom is -0.497 e. The van der Waals surface area contributed by atoms with Crippen molar-refractivity contribution in [3.63, 3.8) is 0 Å². The summed E-state index contributed by atoms with van der Waals surface area (Å²) in [6.07, 6.45) is 5.47. The fourth-order valence-electron chi connectivity index (χ4n) is 7.04. The predicted octanol–water partition coefficient (Wildman–Crippen LogP) is 3.81. The number of halogens is 1. The van der Waals surface area contributed by atoms with E-state index in [4.69, 9.17) is 4.74 Å². The Bertz CT molecular complexity index is 1560. The second-order valence-corrected chi connectivity index (χ2v) is 13.4. The van der Waals surface area contributed by atoms with Crippen molar-refractivity contribution in [2.75, 3.05) is 39.6 Å². The Hall–Kier alpha value is -2.95. The monoisotopic (exact) mass is 569 g/mol. The summed E-state index contributed by atoms with van der Waals surface area (Å²) in [6.45, 7) is 1.56. The van der Waals surface area contributed by atoms with Crippen molar-refractivity contribution in [2.24, 2.45) is 5.92 Å². The van der Waals surface area contributed by atoms with E-state index in [0.717, 1.165) is 30.2 Å². The summed E-state index contributed by atoms with van der Waals surface area (Å²) in [5.41, 5.74) is 1.95. The topological polar surface area (TPSA) is 92.1 Å². The summed E-state index contributed by atoms with van der Waals surface area (Å²) in [4.78, 5) is 17.1. The van der Waals surface area contributed by atoms with Crippen LogP contribution in [0.3, 0.4) is 0 Å². The van der Waals surface area contributed by atoms with Crippen LogP contribution >= 0.6 is 0 Å². The number of likely N-dealkylation sites (tertiary alicyclic amines) is 1. The lowest BCUT2D eigenvalue weighted by Gasteiger charge is -2.51. The molecule has 6 rings (SSSR count). The molecule has 2 fully saturated rings. The van der Waals surface area contributed by atoms with E-state index in [1.54, 1.807) is 24.3 Å². The number of piperidine rings is 1. The van der Waals surface area contributed by atoms with Gasteiger partial charge >= 0.3 is 0 Å². The number of aliphatic hydroxyl groups excluding tert-OH is 1. The van der Waals surface area contributed by atoms with Gasteiger partial charge in [-0.25, -0.2) is 16.8 Å². The maximum atomic E-state index is 14.8. The number of aliphatic hydroxyl groups is 1. The standard InChI is InChI=1S/C30H36FN3O5S/c1-39-22-10-11-23-25(16-22)34(40(2,37)38)28-26(18-35)33(17-21-6-3-4-9-24(21)31)19-30(27(23)28)12-14-32(15-13-30)29(36)20-7-5-8-20/h3-4,6,9-11,16,20,26,35H,5,7-8,12-15,17-19H2,1-2H3. The number of amides is 1. The highest BCUT2D eigenvalue weighted by molar-refractivity contribution is 7.89. The van der Waals surface area contributed by atoms with Gasteiger partial charge < -0.3 is 14.7 Å². The Balaban J connectivity index is 1.52. The zero-order valence-electron chi connectivity index (χ0n) is 23.0. The number of fused-ring (bicyclic) bond motifs is 4. The van der Waals surface area contributed by atoms with Crippen LogP contribution in [0.15, 0.2) is 42.5 Å². The van der Waals surface area contributed by atoms with Gasteiger partial charge in [-0.2, -0.15) is 0 Å². The molecule has 1 aromatic heterocycles. The molecule has 1 saturated heterocycles. The molecule has 3 heterocycles. The highest BCUT2D eigenvalue weighted by Gasteiger charge is 2.50. The van der Waals surface area contributed by atoms with Crippen molar-refractivity contribution in [1.29, 1.82) is 0 Å². The largest absolute Gasteiger partial charge is 0.497 e. The van der Waals surface area contributed by atoms with Gasteiger partial charge in [0.2, 0.25) is 15.9 Å². The lowest BCUT2D eigenvalue weighted by molar-refractivity contribution is -0.140. The van der Waals surface area contributed by atoms with E-state index < -0.39 is 21.5 Å². The molecule has 2 aromatic carbocycles. The zero-order valence-corrected chi connectivity index (χ0v) is 23.8. The molecule has 10 heteroatoms. The number of ether oxygens (including phenoxy) is 1. The molecule has 2 aliphatic heterocycles. The highest BCUT2D eigenvalue weighted by atomic mass is 32.2. The summed E-state index contributed by atoms with van der Waals surface area (Å²) >= 11 is 0. The molecular weight excluding hydrogens is 533 g/mol. The highest BCUT2D eigenvalue weighted by Crippen LogP contribution is 2.51. The Morgan fingerprint density at radius 1 is 1.15 bits per heavy atom. The molecule has 1 N–H and O–H groups in total. The number of nitrogens with zero attached hydrogens (tertiary/aromatic N) is 3. The van der Waals surface area contributed by atoms with Gasteiger partial charge in [-0.1, -0.05) is 24.6 Å². The first-order chi connectivity index (χ1) is 19.2. The fourth-order valence-corrected chi connectivity index (χ4v) is 8.12. The molecule has 3 aliphatic rings. The number of hydrogen-bond donors (Lipinski definition) is 1. The summed E-state index contributed by atoms with van der Waals surface area (Å²) in [7, 11) is -2.26. The normalized spacial score (nSPS) is 21.4. The number of aromatic nitrogens is 1. The van der Waals surface area contributed by atoms with Crippen LogP contribution in [0.2, 0.25) is 0 Å². The molecule has 1 spiro atoms. The molecule has 0 bridgehead atoms. The van der Waals surface area contributed by atoms with Crippen molar-refractivity contribution in [3.05, 3.63) is 65.1 Å². The SMILES string of the molecule is COc1ccc2c3c(n(S(C)(=O)=O)c2c1)C(CO)N(Cc1ccccc1F)CC31CCN(C(=O)C2CCC2)CC1. The molecule has 8 nitrogen and oxygen atoms in total. The molecule has 1 atom stereocenters. The van der Waals surface area contributed by atoms with Crippen molar-refractivity contribution < 1.29 is 27.4 Å². The van der Waals surface area contributed by atoms with Crippen LogP contribution in [0.1, 0.15) is 55.0 Å². The smallest absolute Gasteiger partial charge is 0.236 e. The third kappa shape index (κ3) is 4.40. The van der Waals surface area contributed by atoms with Gasteiger partial charge in [0, 0.05) is 54.5 Å². The first-order valence-corrected chi connectivity index (χ1v) is 15.8. The Morgan fingerprint density at radius 3 is 2.48 bits per heavy atom. The number of methoxy groups -OCH3 is 1. The molecule has 0 radical (unpaired) electrons. The summed E-state index contributed by atoms with van der Waals surface area (Å²) < 4.78 is 48.4. The Labute approximate surface area is 234 Å². The van der Waals surface area contributed by atoms with Gasteiger partial charge in [0.25, 0.3) is 0 Å². The van der Waals surface area contributed by atoms with Crippen molar-refractivity contribution in [1.82, 2.24) is 13.8 Å². The quantitative estimate of drug-likeness (QED) is 0.486. The second-order valence-electron chi connectivity index (χ2n) is 11.6. The van der Waals surface area contributed by atoms with Crippen LogP contribution in [0.25, 0.3) is 10.9 Å². The van der Waals surface area contributed by atoms with Crippen LogP contribution in [0, 0.1) is 11.7 Å². The molecule has 40 heavy (non-hydrogen) atoms. The van der Waals surface area contributed by atoms with Gasteiger partial charge in [-0.05, 0) is 49.4 Å². The molecule has 1 amide bonds. The number of carbonyl (C=O) groups is 1. The summed E-state index contributed by atoms with van der Waals surface area (Å²) in [5, 5.41) is 11.6. The average Bonchev–Trinajstić information content (AvgIpc) is 3.25. The number of rotatable bonds is 6. The Kier molecular flexibility index (Phi) is 6.91. The van der Waals surface area contributed by atoms with Gasteiger partial charge in [0.05, 0.1) is 37.2 Å². The van der Waals surface area contributed by atoms with E-state index in [0.29, 0.717) is 55.0 Å². The van der Waals surface area contributed by atoms with Crippen LogP contribution in [0.4, 0.5) is 4.39 Å². The zero-order chi connectivity index (χ0) is 28.2. The van der Waals surface area contributed by atoms with Gasteiger partial charge in [-0.3, -0.25) is 9.69 Å². The van der Waals surface area contributed by atoms with Crippen molar-refractivity contribution in [3.8, 4) is 5.75 Å². The van der Waals surface area contributed by atoms with Crippen LogP contribution in [-0.2, 0) is 26.8 Å². The first-order valence-electron chi connectivity index (χ1n) is 14.0. The van der Waals surface area contributed by atoms with Crippen molar-refractivity contribution in [2.45, 2.75) is 50.1 Å². The lowest BCUT2D eigenvalue weighted by atomic mass is 9.68. The van der Waals surface area contributed by atoms with E-state index in [9.17, 15) is 22.7 Å². The van der Waals surface area contributed by atoms with E-state index in [1.807, 2.05) is 21.9 Å². The Morgan fingerprint density at radius 2 is 1.88 bits per heavy atom.